The fraction of sp³-hybridized carbons (Fsp3) is 0.412. The van der Waals surface area contributed by atoms with E-state index in [1.807, 2.05) is 0 Å². The predicted molar refractivity (Wildman–Crippen MR) is 90.4 cm³/mol. The van der Waals surface area contributed by atoms with Crippen LogP contribution in [0.25, 0.3) is 10.9 Å². The number of carboxylic acid groups (broad SMARTS) is 1. The van der Waals surface area contributed by atoms with Crippen LogP contribution in [0, 0.1) is 5.92 Å². The zero-order valence-corrected chi connectivity index (χ0v) is 13.6. The Kier molecular flexibility index (Phi) is 4.69. The van der Waals surface area contributed by atoms with E-state index >= 15 is 0 Å². The third kappa shape index (κ3) is 3.47. The second-order valence-electron chi connectivity index (χ2n) is 6.20. The average Bonchev–Trinajstić information content (AvgIpc) is 2.61. The Hall–Kier alpha value is -2.90. The molecule has 0 spiro atoms. The number of benzene rings is 1. The molecule has 2 aromatic rings. The SMILES string of the molecule is O=C(O)[C@H]1CCCN(C(=O)CCn2c(=O)[nH]c(=O)c3ccccc32)C1. The summed E-state index contributed by atoms with van der Waals surface area (Å²) >= 11 is 0. The molecule has 8 nitrogen and oxygen atoms in total. The first-order chi connectivity index (χ1) is 12.0. The van der Waals surface area contributed by atoms with E-state index in [1.165, 1.54) is 4.57 Å². The Morgan fingerprint density at radius 3 is 2.76 bits per heavy atom. The van der Waals surface area contributed by atoms with Gasteiger partial charge < -0.3 is 10.0 Å². The van der Waals surface area contributed by atoms with Crippen LogP contribution in [0.4, 0.5) is 0 Å². The van der Waals surface area contributed by atoms with Crippen molar-refractivity contribution in [3.63, 3.8) is 0 Å². The van der Waals surface area contributed by atoms with Crippen molar-refractivity contribution in [1.82, 2.24) is 14.5 Å². The van der Waals surface area contributed by atoms with Crippen LogP contribution in [-0.4, -0.2) is 44.5 Å². The van der Waals surface area contributed by atoms with Crippen molar-refractivity contribution in [3.05, 3.63) is 45.1 Å². The topological polar surface area (TPSA) is 112 Å². The molecule has 2 heterocycles. The van der Waals surface area contributed by atoms with Crippen molar-refractivity contribution in [1.29, 1.82) is 0 Å². The van der Waals surface area contributed by atoms with E-state index in [-0.39, 0.29) is 25.4 Å². The maximum Gasteiger partial charge on any atom is 0.328 e. The van der Waals surface area contributed by atoms with Gasteiger partial charge in [-0.05, 0) is 25.0 Å². The van der Waals surface area contributed by atoms with Gasteiger partial charge in [-0.3, -0.25) is 23.9 Å². The van der Waals surface area contributed by atoms with Crippen LogP contribution < -0.4 is 11.2 Å². The number of carbonyl (C=O) groups is 2. The van der Waals surface area contributed by atoms with E-state index in [0.29, 0.717) is 30.3 Å². The van der Waals surface area contributed by atoms with Gasteiger partial charge in [0.1, 0.15) is 0 Å². The average molecular weight is 345 g/mol. The number of para-hydroxylation sites is 1. The molecule has 1 aliphatic heterocycles. The molecule has 0 saturated carbocycles. The van der Waals surface area contributed by atoms with Crippen LogP contribution in [-0.2, 0) is 16.1 Å². The van der Waals surface area contributed by atoms with E-state index in [1.54, 1.807) is 29.2 Å². The first-order valence-corrected chi connectivity index (χ1v) is 8.20. The number of fused-ring (bicyclic) bond motifs is 1. The molecule has 1 aromatic heterocycles. The normalized spacial score (nSPS) is 17.6. The van der Waals surface area contributed by atoms with E-state index in [2.05, 4.69) is 4.98 Å². The smallest absolute Gasteiger partial charge is 0.328 e. The summed E-state index contributed by atoms with van der Waals surface area (Å²) in [6.07, 6.45) is 1.30. The Morgan fingerprint density at radius 2 is 2.00 bits per heavy atom. The predicted octanol–water partition coefficient (Wildman–Crippen LogP) is 0.403. The summed E-state index contributed by atoms with van der Waals surface area (Å²) in [6.45, 7) is 0.864. The summed E-state index contributed by atoms with van der Waals surface area (Å²) in [5.74, 6) is -1.61. The van der Waals surface area contributed by atoms with Crippen molar-refractivity contribution < 1.29 is 14.7 Å². The first kappa shape index (κ1) is 16.9. The van der Waals surface area contributed by atoms with Crippen LogP contribution in [0.5, 0.6) is 0 Å². The van der Waals surface area contributed by atoms with Gasteiger partial charge in [-0.2, -0.15) is 0 Å². The number of carbonyl (C=O) groups excluding carboxylic acids is 1. The van der Waals surface area contributed by atoms with Crippen molar-refractivity contribution in [2.24, 2.45) is 5.92 Å². The highest BCUT2D eigenvalue weighted by molar-refractivity contribution is 5.79. The molecule has 1 amide bonds. The minimum absolute atomic E-state index is 0.0717. The number of aromatic amines is 1. The lowest BCUT2D eigenvalue weighted by Crippen LogP contribution is -2.43. The largest absolute Gasteiger partial charge is 0.481 e. The summed E-state index contributed by atoms with van der Waals surface area (Å²) in [6, 6.07) is 6.71. The minimum Gasteiger partial charge on any atom is -0.481 e. The Labute approximate surface area is 142 Å². The van der Waals surface area contributed by atoms with Crippen molar-refractivity contribution >= 4 is 22.8 Å². The lowest BCUT2D eigenvalue weighted by Gasteiger charge is -2.30. The molecule has 1 aromatic carbocycles. The number of aromatic nitrogens is 2. The Bertz CT molecular complexity index is 930. The van der Waals surface area contributed by atoms with Gasteiger partial charge in [-0.15, -0.1) is 0 Å². The van der Waals surface area contributed by atoms with E-state index < -0.39 is 23.1 Å². The number of carboxylic acids is 1. The molecule has 132 valence electrons. The Balaban J connectivity index is 1.77. The number of hydrogen-bond acceptors (Lipinski definition) is 4. The highest BCUT2D eigenvalue weighted by Gasteiger charge is 2.27. The summed E-state index contributed by atoms with van der Waals surface area (Å²) in [7, 11) is 0. The third-order valence-electron chi connectivity index (χ3n) is 4.58. The third-order valence-corrected chi connectivity index (χ3v) is 4.58. The van der Waals surface area contributed by atoms with Gasteiger partial charge in [0.15, 0.2) is 0 Å². The standard InChI is InChI=1S/C17H19N3O5/c21-14(19-8-3-4-11(10-19)16(23)24)7-9-20-13-6-2-1-5-12(13)15(22)18-17(20)25/h1-2,5-6,11H,3-4,7-10H2,(H,23,24)(H,18,22,25)/t11-/m0/s1. The van der Waals surface area contributed by atoms with Crippen LogP contribution in [0.3, 0.4) is 0 Å². The molecular formula is C17H19N3O5. The van der Waals surface area contributed by atoms with Gasteiger partial charge in [0.05, 0.1) is 16.8 Å². The number of nitrogens with one attached hydrogen (secondary N) is 1. The minimum atomic E-state index is -0.889. The van der Waals surface area contributed by atoms with Gasteiger partial charge in [-0.25, -0.2) is 4.79 Å². The highest BCUT2D eigenvalue weighted by atomic mass is 16.4. The van der Waals surface area contributed by atoms with E-state index in [0.717, 1.165) is 0 Å². The Morgan fingerprint density at radius 1 is 1.24 bits per heavy atom. The number of nitrogens with zero attached hydrogens (tertiary/aromatic N) is 2. The molecule has 1 aliphatic rings. The van der Waals surface area contributed by atoms with Crippen molar-refractivity contribution in [2.75, 3.05) is 13.1 Å². The maximum absolute atomic E-state index is 12.4. The van der Waals surface area contributed by atoms with Crippen LogP contribution >= 0.6 is 0 Å². The molecule has 2 N–H and O–H groups in total. The van der Waals surface area contributed by atoms with E-state index in [9.17, 15) is 19.2 Å². The van der Waals surface area contributed by atoms with Crippen molar-refractivity contribution in [2.45, 2.75) is 25.8 Å². The maximum atomic E-state index is 12.4. The molecule has 0 unspecified atom stereocenters. The van der Waals surface area contributed by atoms with Crippen LogP contribution in [0.1, 0.15) is 19.3 Å². The van der Waals surface area contributed by atoms with Gasteiger partial charge in [0.2, 0.25) is 5.91 Å². The molecule has 25 heavy (non-hydrogen) atoms. The molecule has 0 bridgehead atoms. The molecule has 1 atom stereocenters. The van der Waals surface area contributed by atoms with Crippen molar-refractivity contribution in [3.8, 4) is 0 Å². The molecular weight excluding hydrogens is 326 g/mol. The number of likely N-dealkylation sites (tertiary alicyclic amines) is 1. The van der Waals surface area contributed by atoms with Crippen LogP contribution in [0.15, 0.2) is 33.9 Å². The van der Waals surface area contributed by atoms with Crippen LogP contribution in [0.2, 0.25) is 0 Å². The fourth-order valence-electron chi connectivity index (χ4n) is 3.24. The zero-order valence-electron chi connectivity index (χ0n) is 13.6. The summed E-state index contributed by atoms with van der Waals surface area (Å²) < 4.78 is 1.37. The first-order valence-electron chi connectivity index (χ1n) is 8.20. The molecule has 8 heteroatoms. The number of aliphatic carboxylic acids is 1. The summed E-state index contributed by atoms with van der Waals surface area (Å²) in [5, 5.41) is 9.50. The lowest BCUT2D eigenvalue weighted by molar-refractivity contribution is -0.145. The van der Waals surface area contributed by atoms with Gasteiger partial charge >= 0.3 is 11.7 Å². The summed E-state index contributed by atoms with van der Waals surface area (Å²) in [4.78, 5) is 51.2. The van der Waals surface area contributed by atoms with E-state index in [4.69, 9.17) is 5.11 Å². The van der Waals surface area contributed by atoms with Gasteiger partial charge in [0, 0.05) is 26.1 Å². The second kappa shape index (κ2) is 6.92. The second-order valence-corrected chi connectivity index (χ2v) is 6.20. The number of piperidine rings is 1. The van der Waals surface area contributed by atoms with Gasteiger partial charge in [-0.1, -0.05) is 12.1 Å². The summed E-state index contributed by atoms with van der Waals surface area (Å²) in [5.41, 5.74) is -0.534. The number of H-pyrrole nitrogens is 1. The van der Waals surface area contributed by atoms with Gasteiger partial charge in [0.25, 0.3) is 5.56 Å². The monoisotopic (exact) mass is 345 g/mol. The molecule has 0 radical (unpaired) electrons. The number of amides is 1. The number of hydrogen-bond donors (Lipinski definition) is 2. The molecule has 0 aliphatic carbocycles. The molecule has 1 saturated heterocycles. The highest BCUT2D eigenvalue weighted by Crippen LogP contribution is 2.17. The fourth-order valence-corrected chi connectivity index (χ4v) is 3.24. The number of rotatable bonds is 4. The molecule has 1 fully saturated rings. The number of aryl methyl sites for hydroxylation is 1. The zero-order chi connectivity index (χ0) is 18.0. The molecule has 3 rings (SSSR count). The quantitative estimate of drug-likeness (QED) is 0.833. The lowest BCUT2D eigenvalue weighted by atomic mass is 9.98.